The summed E-state index contributed by atoms with van der Waals surface area (Å²) in [4.78, 5) is 4.06. The van der Waals surface area contributed by atoms with E-state index >= 15 is 0 Å². The fourth-order valence-corrected chi connectivity index (χ4v) is 1.66. The van der Waals surface area contributed by atoms with Crippen molar-refractivity contribution >= 4 is 16.8 Å². The van der Waals surface area contributed by atoms with Crippen LogP contribution in [0.1, 0.15) is 20.8 Å². The maximum atomic E-state index is 11.6. The van der Waals surface area contributed by atoms with Crippen LogP contribution in [0.2, 0.25) is 0 Å². The minimum Gasteiger partial charge on any atom is -0.370 e. The topological polar surface area (TPSA) is 67.5 Å². The van der Waals surface area contributed by atoms with Crippen LogP contribution in [0, 0.1) is 0 Å². The van der Waals surface area contributed by atoms with E-state index in [1.165, 1.54) is 0 Å². The second-order valence-electron chi connectivity index (χ2n) is 4.10. The van der Waals surface area contributed by atoms with Crippen LogP contribution < -0.4 is 11.1 Å². The predicted octanol–water partition coefficient (Wildman–Crippen LogP) is 0.624. The Kier molecular flexibility index (Phi) is 6.24. The van der Waals surface area contributed by atoms with E-state index in [0.29, 0.717) is 24.8 Å². The van der Waals surface area contributed by atoms with Gasteiger partial charge in [0.1, 0.15) is 0 Å². The summed E-state index contributed by atoms with van der Waals surface area (Å²) in [6.07, 6.45) is 1.70. The van der Waals surface area contributed by atoms with E-state index in [0.717, 1.165) is 0 Å². The minimum atomic E-state index is -0.870. The number of nitrogens with zero attached hydrogens (tertiary/aromatic N) is 1. The van der Waals surface area contributed by atoms with Crippen molar-refractivity contribution in [1.29, 1.82) is 0 Å². The highest BCUT2D eigenvalue weighted by molar-refractivity contribution is 7.86. The summed E-state index contributed by atoms with van der Waals surface area (Å²) in [7, 11) is -0.870. The van der Waals surface area contributed by atoms with E-state index in [1.54, 1.807) is 6.08 Å². The number of nitrogens with one attached hydrogen (secondary N) is 1. The van der Waals surface area contributed by atoms with E-state index in [4.69, 9.17) is 5.73 Å². The standard InChI is InChI=1S/C10H21N3OS/c1-5-6-12-9(11)13-7-8-15(14)10(2,3)4/h5H,1,6-8H2,2-4H3,(H3,11,12,13). The second-order valence-corrected chi connectivity index (χ2v) is 6.42. The van der Waals surface area contributed by atoms with Crippen LogP contribution in [-0.4, -0.2) is 33.8 Å². The maximum absolute atomic E-state index is 11.6. The van der Waals surface area contributed by atoms with E-state index in [9.17, 15) is 4.21 Å². The highest BCUT2D eigenvalue weighted by Gasteiger charge is 2.18. The molecule has 5 heteroatoms. The van der Waals surface area contributed by atoms with Crippen molar-refractivity contribution in [2.45, 2.75) is 25.5 Å². The molecule has 0 radical (unpaired) electrons. The average Bonchev–Trinajstić information content (AvgIpc) is 2.13. The van der Waals surface area contributed by atoms with Crippen LogP contribution >= 0.6 is 0 Å². The normalized spacial score (nSPS) is 14.7. The van der Waals surface area contributed by atoms with Crippen molar-refractivity contribution in [2.24, 2.45) is 10.7 Å². The number of hydrogen-bond acceptors (Lipinski definition) is 2. The first-order chi connectivity index (χ1) is 6.88. The van der Waals surface area contributed by atoms with Gasteiger partial charge in [-0.2, -0.15) is 0 Å². The molecule has 3 N–H and O–H groups in total. The quantitative estimate of drug-likeness (QED) is 0.414. The Bertz CT molecular complexity index is 256. The molecule has 1 atom stereocenters. The third kappa shape index (κ3) is 7.13. The zero-order chi connectivity index (χ0) is 11.9. The molecule has 0 saturated heterocycles. The molecule has 0 heterocycles. The fourth-order valence-electron chi connectivity index (χ4n) is 0.788. The lowest BCUT2D eigenvalue weighted by atomic mass is 10.3. The average molecular weight is 231 g/mol. The highest BCUT2D eigenvalue weighted by Crippen LogP contribution is 2.10. The summed E-state index contributed by atoms with van der Waals surface area (Å²) in [5, 5.41) is 2.86. The summed E-state index contributed by atoms with van der Waals surface area (Å²) >= 11 is 0. The minimum absolute atomic E-state index is 0.182. The van der Waals surface area contributed by atoms with Crippen LogP contribution in [0.15, 0.2) is 17.6 Å². The van der Waals surface area contributed by atoms with Gasteiger partial charge < -0.3 is 11.1 Å². The second kappa shape index (κ2) is 6.61. The van der Waals surface area contributed by atoms with Crippen LogP contribution in [0.5, 0.6) is 0 Å². The maximum Gasteiger partial charge on any atom is 0.188 e. The van der Waals surface area contributed by atoms with Crippen molar-refractivity contribution < 1.29 is 4.21 Å². The summed E-state index contributed by atoms with van der Waals surface area (Å²) in [6.45, 7) is 10.5. The number of rotatable bonds is 5. The van der Waals surface area contributed by atoms with Gasteiger partial charge in [-0.05, 0) is 20.8 Å². The lowest BCUT2D eigenvalue weighted by Gasteiger charge is -2.16. The van der Waals surface area contributed by atoms with Gasteiger partial charge in [-0.3, -0.25) is 9.20 Å². The van der Waals surface area contributed by atoms with Crippen molar-refractivity contribution in [2.75, 3.05) is 18.8 Å². The molecule has 0 spiro atoms. The van der Waals surface area contributed by atoms with Crippen molar-refractivity contribution in [3.05, 3.63) is 12.7 Å². The molecule has 15 heavy (non-hydrogen) atoms. The number of hydrogen-bond donors (Lipinski definition) is 2. The van der Waals surface area contributed by atoms with Gasteiger partial charge in [0, 0.05) is 27.8 Å². The Labute approximate surface area is 94.5 Å². The zero-order valence-corrected chi connectivity index (χ0v) is 10.6. The molecule has 4 nitrogen and oxygen atoms in total. The van der Waals surface area contributed by atoms with Gasteiger partial charge in [-0.1, -0.05) is 6.08 Å². The zero-order valence-electron chi connectivity index (χ0n) is 9.75. The number of nitrogens with two attached hydrogens (primary N) is 1. The molecule has 0 aromatic rings. The van der Waals surface area contributed by atoms with Crippen LogP contribution in [0.25, 0.3) is 0 Å². The van der Waals surface area contributed by atoms with E-state index in [2.05, 4.69) is 16.9 Å². The Balaban J connectivity index is 3.87. The fraction of sp³-hybridized carbons (Fsp3) is 0.700. The van der Waals surface area contributed by atoms with Gasteiger partial charge in [-0.15, -0.1) is 6.58 Å². The Morgan fingerprint density at radius 3 is 2.67 bits per heavy atom. The Morgan fingerprint density at radius 1 is 1.60 bits per heavy atom. The van der Waals surface area contributed by atoms with Crippen LogP contribution in [-0.2, 0) is 10.8 Å². The molecule has 0 aromatic carbocycles. The molecule has 0 aromatic heterocycles. The summed E-state index contributed by atoms with van der Waals surface area (Å²) in [5.74, 6) is 0.917. The van der Waals surface area contributed by atoms with Crippen LogP contribution in [0.3, 0.4) is 0 Å². The van der Waals surface area contributed by atoms with Gasteiger partial charge in [0.15, 0.2) is 5.96 Å². The van der Waals surface area contributed by atoms with Gasteiger partial charge in [-0.25, -0.2) is 0 Å². The van der Waals surface area contributed by atoms with E-state index in [-0.39, 0.29) is 4.75 Å². The molecule has 0 rings (SSSR count). The molecule has 0 aliphatic heterocycles. The first-order valence-corrected chi connectivity index (χ1v) is 6.23. The molecular formula is C10H21N3OS. The molecule has 0 amide bonds. The number of guanidine groups is 1. The van der Waals surface area contributed by atoms with Gasteiger partial charge >= 0.3 is 0 Å². The van der Waals surface area contributed by atoms with Gasteiger partial charge in [0.2, 0.25) is 0 Å². The smallest absolute Gasteiger partial charge is 0.188 e. The summed E-state index contributed by atoms with van der Waals surface area (Å²) in [5.41, 5.74) is 5.55. The van der Waals surface area contributed by atoms with Crippen LogP contribution in [0.4, 0.5) is 0 Å². The molecule has 0 bridgehead atoms. The third-order valence-corrected chi connectivity index (χ3v) is 3.59. The SMILES string of the molecule is C=CCNC(N)=NCCS(=O)C(C)(C)C. The molecular weight excluding hydrogens is 210 g/mol. The molecule has 0 aliphatic rings. The summed E-state index contributed by atoms with van der Waals surface area (Å²) in [6, 6.07) is 0. The molecule has 0 aliphatic carbocycles. The monoisotopic (exact) mass is 231 g/mol. The Morgan fingerprint density at radius 2 is 2.20 bits per heavy atom. The number of aliphatic imine (C=N–C) groups is 1. The lowest BCUT2D eigenvalue weighted by molar-refractivity contribution is 0.648. The first-order valence-electron chi connectivity index (χ1n) is 4.91. The van der Waals surface area contributed by atoms with E-state index in [1.807, 2.05) is 20.8 Å². The molecule has 88 valence electrons. The molecule has 1 unspecified atom stereocenters. The Hall–Kier alpha value is -0.840. The predicted molar refractivity (Wildman–Crippen MR) is 67.5 cm³/mol. The largest absolute Gasteiger partial charge is 0.370 e. The van der Waals surface area contributed by atoms with Crippen molar-refractivity contribution in [1.82, 2.24) is 5.32 Å². The molecule has 0 fully saturated rings. The lowest BCUT2D eigenvalue weighted by Crippen LogP contribution is -2.32. The van der Waals surface area contributed by atoms with Gasteiger partial charge in [0.25, 0.3) is 0 Å². The van der Waals surface area contributed by atoms with E-state index < -0.39 is 10.8 Å². The van der Waals surface area contributed by atoms with Crippen molar-refractivity contribution in [3.8, 4) is 0 Å². The molecule has 0 saturated carbocycles. The highest BCUT2D eigenvalue weighted by atomic mass is 32.2. The summed E-state index contributed by atoms with van der Waals surface area (Å²) < 4.78 is 11.4. The van der Waals surface area contributed by atoms with Gasteiger partial charge in [0.05, 0.1) is 6.54 Å². The third-order valence-electron chi connectivity index (χ3n) is 1.67. The first kappa shape index (κ1) is 14.2. The van der Waals surface area contributed by atoms with Crippen molar-refractivity contribution in [3.63, 3.8) is 0 Å².